The summed E-state index contributed by atoms with van der Waals surface area (Å²) < 4.78 is 11.8. The predicted octanol–water partition coefficient (Wildman–Crippen LogP) is 3.64. The number of hydrogen-bond donors (Lipinski definition) is 0. The smallest absolute Gasteiger partial charge is 0.249 e. The van der Waals surface area contributed by atoms with Gasteiger partial charge in [-0.3, -0.25) is 0 Å². The molecular formula is C16H25NO2S. The highest BCUT2D eigenvalue weighted by molar-refractivity contribution is 7.99. The van der Waals surface area contributed by atoms with Crippen LogP contribution in [0.4, 0.5) is 0 Å². The molecule has 1 heterocycles. The van der Waals surface area contributed by atoms with E-state index in [2.05, 4.69) is 18.7 Å². The molecule has 2 rings (SSSR count). The Morgan fingerprint density at radius 1 is 1.05 bits per heavy atom. The Morgan fingerprint density at radius 2 is 1.65 bits per heavy atom. The molecule has 0 N–H and O–H groups in total. The van der Waals surface area contributed by atoms with E-state index in [1.165, 1.54) is 5.75 Å². The van der Waals surface area contributed by atoms with Crippen LogP contribution in [0.25, 0.3) is 0 Å². The van der Waals surface area contributed by atoms with Crippen molar-refractivity contribution in [1.82, 2.24) is 4.90 Å². The van der Waals surface area contributed by atoms with Crippen LogP contribution in [-0.4, -0.2) is 41.8 Å². The van der Waals surface area contributed by atoms with Crippen molar-refractivity contribution in [3.05, 3.63) is 24.3 Å². The van der Waals surface area contributed by atoms with Crippen molar-refractivity contribution in [2.24, 2.45) is 0 Å². The van der Waals surface area contributed by atoms with E-state index < -0.39 is 5.79 Å². The molecule has 1 aliphatic rings. The average molecular weight is 295 g/mol. The minimum absolute atomic E-state index is 0.494. The summed E-state index contributed by atoms with van der Waals surface area (Å²) in [5, 5.41) is 0. The van der Waals surface area contributed by atoms with Crippen LogP contribution in [0, 0.1) is 0 Å². The molecule has 3 nitrogen and oxygen atoms in total. The second-order valence-electron chi connectivity index (χ2n) is 5.17. The summed E-state index contributed by atoms with van der Waals surface area (Å²) in [7, 11) is 0. The van der Waals surface area contributed by atoms with E-state index in [1.807, 2.05) is 43.0 Å². The van der Waals surface area contributed by atoms with Gasteiger partial charge in [-0.2, -0.15) is 11.8 Å². The molecule has 0 spiro atoms. The van der Waals surface area contributed by atoms with Gasteiger partial charge in [0.05, 0.1) is 0 Å². The Bertz CT molecular complexity index is 396. The van der Waals surface area contributed by atoms with Gasteiger partial charge in [0, 0.05) is 31.4 Å². The molecule has 0 atom stereocenters. The van der Waals surface area contributed by atoms with Crippen molar-refractivity contribution < 1.29 is 9.47 Å². The lowest BCUT2D eigenvalue weighted by Crippen LogP contribution is -2.35. The van der Waals surface area contributed by atoms with Crippen molar-refractivity contribution in [3.63, 3.8) is 0 Å². The molecule has 1 aromatic rings. The lowest BCUT2D eigenvalue weighted by Gasteiger charge is -2.23. The molecule has 0 amide bonds. The lowest BCUT2D eigenvalue weighted by atomic mass is 10.2. The topological polar surface area (TPSA) is 21.7 Å². The fourth-order valence-corrected chi connectivity index (χ4v) is 3.41. The molecule has 20 heavy (non-hydrogen) atoms. The Kier molecular flexibility index (Phi) is 5.61. The van der Waals surface area contributed by atoms with Crippen molar-refractivity contribution in [2.45, 2.75) is 33.0 Å². The Balaban J connectivity index is 1.68. The van der Waals surface area contributed by atoms with E-state index in [-0.39, 0.29) is 0 Å². The second-order valence-corrected chi connectivity index (χ2v) is 6.40. The fraction of sp³-hybridized carbons (Fsp3) is 0.625. The van der Waals surface area contributed by atoms with Crippen LogP contribution in [0.1, 0.15) is 27.2 Å². The maximum absolute atomic E-state index is 5.92. The summed E-state index contributed by atoms with van der Waals surface area (Å²) in [5.74, 6) is 3.47. The highest BCUT2D eigenvalue weighted by atomic mass is 32.2. The average Bonchev–Trinajstić information content (AvgIpc) is 2.79. The highest BCUT2D eigenvalue weighted by Gasteiger charge is 2.35. The molecule has 4 heteroatoms. The van der Waals surface area contributed by atoms with Crippen LogP contribution in [0.3, 0.4) is 0 Å². The zero-order valence-electron chi connectivity index (χ0n) is 12.7. The van der Waals surface area contributed by atoms with E-state index in [4.69, 9.17) is 9.47 Å². The summed E-state index contributed by atoms with van der Waals surface area (Å²) >= 11 is 1.97. The highest BCUT2D eigenvalue weighted by Crippen LogP contribution is 2.40. The zero-order valence-corrected chi connectivity index (χ0v) is 13.5. The van der Waals surface area contributed by atoms with Crippen molar-refractivity contribution >= 4 is 11.8 Å². The minimum atomic E-state index is -0.494. The van der Waals surface area contributed by atoms with Gasteiger partial charge in [0.15, 0.2) is 11.5 Å². The number of hydrogen-bond acceptors (Lipinski definition) is 4. The van der Waals surface area contributed by atoms with Crippen LogP contribution < -0.4 is 9.47 Å². The van der Waals surface area contributed by atoms with E-state index >= 15 is 0 Å². The Labute approximate surface area is 126 Å². The summed E-state index contributed by atoms with van der Waals surface area (Å²) in [6.07, 6.45) is 0.907. The number of rotatable bonds is 8. The lowest BCUT2D eigenvalue weighted by molar-refractivity contribution is -0.0629. The molecule has 0 fully saturated rings. The van der Waals surface area contributed by atoms with Crippen molar-refractivity contribution in [2.75, 3.05) is 31.1 Å². The van der Waals surface area contributed by atoms with Gasteiger partial charge in [-0.05, 0) is 25.2 Å². The number of ether oxygens (including phenoxy) is 2. The molecule has 0 aromatic heterocycles. The van der Waals surface area contributed by atoms with E-state index in [9.17, 15) is 0 Å². The number of nitrogens with zero attached hydrogens (tertiary/aromatic N) is 1. The Hall–Kier alpha value is -0.870. The third kappa shape index (κ3) is 4.06. The van der Waals surface area contributed by atoms with Gasteiger partial charge >= 0.3 is 0 Å². The normalized spacial score (nSPS) is 15.8. The largest absolute Gasteiger partial charge is 0.449 e. The van der Waals surface area contributed by atoms with Crippen molar-refractivity contribution in [3.8, 4) is 11.5 Å². The SMILES string of the molecule is CCN(CC)CCSCCC1(C)Oc2ccccc2O1. The third-order valence-electron chi connectivity index (χ3n) is 3.65. The van der Waals surface area contributed by atoms with Gasteiger partial charge in [0.25, 0.3) is 0 Å². The standard InChI is InChI=1S/C16H25NO2S/c1-4-17(5-2)11-13-20-12-10-16(3)18-14-8-6-7-9-15(14)19-16/h6-9H,4-5,10-13H2,1-3H3. The van der Waals surface area contributed by atoms with Gasteiger partial charge in [-0.25, -0.2) is 0 Å². The molecule has 112 valence electrons. The van der Waals surface area contributed by atoms with E-state index in [0.717, 1.165) is 43.3 Å². The molecule has 0 bridgehead atoms. The van der Waals surface area contributed by atoms with E-state index in [1.54, 1.807) is 0 Å². The number of para-hydroxylation sites is 2. The maximum atomic E-state index is 5.92. The molecule has 1 aliphatic heterocycles. The van der Waals surface area contributed by atoms with E-state index in [0.29, 0.717) is 0 Å². The fourth-order valence-electron chi connectivity index (χ4n) is 2.30. The number of fused-ring (bicyclic) bond motifs is 1. The van der Waals surface area contributed by atoms with Gasteiger partial charge in [0.1, 0.15) is 0 Å². The van der Waals surface area contributed by atoms with Crippen LogP contribution in [0.2, 0.25) is 0 Å². The number of benzene rings is 1. The third-order valence-corrected chi connectivity index (χ3v) is 4.61. The first-order valence-corrected chi connectivity index (χ1v) is 8.59. The van der Waals surface area contributed by atoms with Crippen LogP contribution >= 0.6 is 11.8 Å². The van der Waals surface area contributed by atoms with Gasteiger partial charge in [0.2, 0.25) is 5.79 Å². The van der Waals surface area contributed by atoms with Crippen LogP contribution in [-0.2, 0) is 0 Å². The quantitative estimate of drug-likeness (QED) is 0.683. The first-order chi connectivity index (χ1) is 9.67. The monoisotopic (exact) mass is 295 g/mol. The zero-order chi connectivity index (χ0) is 14.4. The predicted molar refractivity (Wildman–Crippen MR) is 85.8 cm³/mol. The molecule has 0 saturated heterocycles. The number of thioether (sulfide) groups is 1. The summed E-state index contributed by atoms with van der Waals surface area (Å²) in [6, 6.07) is 7.89. The summed E-state index contributed by atoms with van der Waals surface area (Å²) in [4.78, 5) is 2.45. The molecular weight excluding hydrogens is 270 g/mol. The van der Waals surface area contributed by atoms with Crippen molar-refractivity contribution in [1.29, 1.82) is 0 Å². The van der Waals surface area contributed by atoms with Crippen LogP contribution in [0.15, 0.2) is 24.3 Å². The van der Waals surface area contributed by atoms with Gasteiger partial charge in [-0.15, -0.1) is 0 Å². The van der Waals surface area contributed by atoms with Gasteiger partial charge < -0.3 is 14.4 Å². The second kappa shape index (κ2) is 7.23. The first-order valence-electron chi connectivity index (χ1n) is 7.44. The Morgan fingerprint density at radius 3 is 2.20 bits per heavy atom. The maximum Gasteiger partial charge on any atom is 0.249 e. The minimum Gasteiger partial charge on any atom is -0.449 e. The van der Waals surface area contributed by atoms with Gasteiger partial charge in [-0.1, -0.05) is 26.0 Å². The summed E-state index contributed by atoms with van der Waals surface area (Å²) in [6.45, 7) is 9.89. The first kappa shape index (κ1) is 15.5. The molecule has 0 aliphatic carbocycles. The molecule has 0 unspecified atom stereocenters. The summed E-state index contributed by atoms with van der Waals surface area (Å²) in [5.41, 5.74) is 0. The molecule has 0 radical (unpaired) electrons. The van der Waals surface area contributed by atoms with Crippen LogP contribution in [0.5, 0.6) is 11.5 Å². The molecule has 1 aromatic carbocycles. The molecule has 0 saturated carbocycles.